The number of amides is 2. The summed E-state index contributed by atoms with van der Waals surface area (Å²) < 4.78 is 5.37. The molecule has 0 aliphatic heterocycles. The van der Waals surface area contributed by atoms with Gasteiger partial charge in [0.25, 0.3) is 5.91 Å². The van der Waals surface area contributed by atoms with E-state index in [1.54, 1.807) is 19.1 Å². The molecule has 1 aliphatic carbocycles. The van der Waals surface area contributed by atoms with Crippen LogP contribution >= 0.6 is 11.3 Å². The lowest BCUT2D eigenvalue weighted by atomic mass is 9.98. The molecular weight excluding hydrogens is 402 g/mol. The summed E-state index contributed by atoms with van der Waals surface area (Å²) in [6, 6.07) is 19.4. The first-order chi connectivity index (χ1) is 14.6. The molecule has 0 fully saturated rings. The molecular formula is C22H19N3O4S. The minimum Gasteiger partial charge on any atom is -0.447 e. The summed E-state index contributed by atoms with van der Waals surface area (Å²) in [6.45, 7) is 1.79. The molecule has 152 valence electrons. The second-order valence-electron chi connectivity index (χ2n) is 6.75. The molecule has 0 radical (unpaired) electrons. The van der Waals surface area contributed by atoms with E-state index < -0.39 is 12.0 Å². The van der Waals surface area contributed by atoms with Crippen molar-refractivity contribution in [3.8, 4) is 11.1 Å². The lowest BCUT2D eigenvalue weighted by Crippen LogP contribution is -2.42. The zero-order valence-corrected chi connectivity index (χ0v) is 16.9. The summed E-state index contributed by atoms with van der Waals surface area (Å²) in [5.74, 6) is -0.537. The highest BCUT2D eigenvalue weighted by Crippen LogP contribution is 2.44. The molecule has 0 atom stereocenters. The third kappa shape index (κ3) is 3.77. The molecule has 1 aliphatic rings. The molecule has 0 bridgehead atoms. The van der Waals surface area contributed by atoms with Crippen molar-refractivity contribution in [1.29, 1.82) is 0 Å². The van der Waals surface area contributed by atoms with Crippen LogP contribution in [0.2, 0.25) is 0 Å². The number of nitrogens with zero attached hydrogens (tertiary/aromatic N) is 1. The molecule has 3 aromatic rings. The Bertz CT molecular complexity index is 1090. The van der Waals surface area contributed by atoms with Gasteiger partial charge in [-0.25, -0.2) is 10.2 Å². The zero-order chi connectivity index (χ0) is 21.1. The third-order valence-corrected chi connectivity index (χ3v) is 6.15. The minimum absolute atomic E-state index is 0.0561. The Morgan fingerprint density at radius 2 is 1.57 bits per heavy atom. The number of nitrogens with one attached hydrogen (secondary N) is 2. The van der Waals surface area contributed by atoms with Gasteiger partial charge in [-0.3, -0.25) is 10.2 Å². The summed E-state index contributed by atoms with van der Waals surface area (Å²) in [5.41, 5.74) is 9.52. The number of thiophene rings is 1. The van der Waals surface area contributed by atoms with Crippen molar-refractivity contribution in [2.24, 2.45) is 5.16 Å². The van der Waals surface area contributed by atoms with E-state index in [0.717, 1.165) is 33.6 Å². The van der Waals surface area contributed by atoms with Crippen molar-refractivity contribution in [2.45, 2.75) is 12.8 Å². The molecule has 30 heavy (non-hydrogen) atoms. The van der Waals surface area contributed by atoms with Crippen LogP contribution in [0.5, 0.6) is 0 Å². The largest absolute Gasteiger partial charge is 0.447 e. The maximum atomic E-state index is 12.2. The molecule has 3 N–H and O–H groups in total. The number of benzene rings is 2. The van der Waals surface area contributed by atoms with Gasteiger partial charge in [-0.1, -0.05) is 53.7 Å². The van der Waals surface area contributed by atoms with E-state index in [1.165, 1.54) is 0 Å². The molecule has 8 heteroatoms. The average Bonchev–Trinajstić information content (AvgIpc) is 3.39. The molecule has 1 heterocycles. The van der Waals surface area contributed by atoms with E-state index in [2.05, 4.69) is 28.1 Å². The van der Waals surface area contributed by atoms with E-state index in [0.29, 0.717) is 15.5 Å². The van der Waals surface area contributed by atoms with Gasteiger partial charge < -0.3 is 9.94 Å². The second-order valence-corrected chi connectivity index (χ2v) is 7.84. The summed E-state index contributed by atoms with van der Waals surface area (Å²) in [6.07, 6.45) is -0.741. The van der Waals surface area contributed by atoms with Gasteiger partial charge in [-0.15, -0.1) is 11.3 Å². The van der Waals surface area contributed by atoms with Gasteiger partial charge in [0.1, 0.15) is 6.61 Å². The Labute approximate surface area is 177 Å². The van der Waals surface area contributed by atoms with Crippen LogP contribution in [0.15, 0.2) is 65.8 Å². The van der Waals surface area contributed by atoms with Crippen molar-refractivity contribution in [2.75, 3.05) is 6.61 Å². The fourth-order valence-electron chi connectivity index (χ4n) is 3.51. The van der Waals surface area contributed by atoms with Crippen LogP contribution in [-0.2, 0) is 4.74 Å². The number of hydrogen-bond donors (Lipinski definition) is 3. The topological polar surface area (TPSA) is 100 Å². The number of fused-ring (bicyclic) bond motifs is 3. The fraction of sp³-hybridized carbons (Fsp3) is 0.136. The van der Waals surface area contributed by atoms with E-state index in [-0.39, 0.29) is 12.5 Å². The average molecular weight is 421 g/mol. The van der Waals surface area contributed by atoms with Crippen molar-refractivity contribution >= 4 is 29.0 Å². The number of hydrogen-bond acceptors (Lipinski definition) is 6. The number of hydrazine groups is 1. The summed E-state index contributed by atoms with van der Waals surface area (Å²) in [4.78, 5) is 25.3. The Hall–Kier alpha value is -3.65. The molecule has 7 nitrogen and oxygen atoms in total. The standard InChI is InChI=1S/C22H19N3O4S/c1-13(25-28)19-10-11-20(30-19)21(26)23-24-22(27)29-12-18-16-8-4-2-6-14(16)15-7-3-5-9-17(15)18/h2-11,18,28H,12H2,1H3,(H,23,26)(H,24,27). The smallest absolute Gasteiger partial charge is 0.426 e. The van der Waals surface area contributed by atoms with Gasteiger partial charge in [0.05, 0.1) is 15.5 Å². The van der Waals surface area contributed by atoms with E-state index in [4.69, 9.17) is 9.94 Å². The van der Waals surface area contributed by atoms with Crippen LogP contribution < -0.4 is 10.9 Å². The van der Waals surface area contributed by atoms with Gasteiger partial charge in [0.15, 0.2) is 0 Å². The second kappa shape index (κ2) is 8.38. The van der Waals surface area contributed by atoms with E-state index in [9.17, 15) is 9.59 Å². The first kappa shape index (κ1) is 19.7. The number of carbonyl (C=O) groups excluding carboxylic acids is 2. The molecule has 4 rings (SSSR count). The number of ether oxygens (including phenoxy) is 1. The fourth-order valence-corrected chi connectivity index (χ4v) is 4.35. The monoisotopic (exact) mass is 421 g/mol. The van der Waals surface area contributed by atoms with Gasteiger partial charge in [0.2, 0.25) is 0 Å². The highest BCUT2D eigenvalue weighted by atomic mass is 32.1. The SMILES string of the molecule is CC(=NO)c1ccc(C(=O)NNC(=O)OCC2c3ccccc3-c3ccccc32)s1. The lowest BCUT2D eigenvalue weighted by Gasteiger charge is -2.14. The Kier molecular flexibility index (Phi) is 5.49. The number of oxime groups is 1. The Morgan fingerprint density at radius 1 is 0.967 bits per heavy atom. The highest BCUT2D eigenvalue weighted by Gasteiger charge is 2.29. The van der Waals surface area contributed by atoms with Crippen molar-refractivity contribution in [1.82, 2.24) is 10.9 Å². The Balaban J connectivity index is 1.35. The normalized spacial score (nSPS) is 12.8. The first-order valence-electron chi connectivity index (χ1n) is 9.28. The van der Waals surface area contributed by atoms with Crippen molar-refractivity contribution in [3.63, 3.8) is 0 Å². The summed E-state index contributed by atoms with van der Waals surface area (Å²) in [5, 5.41) is 11.9. The van der Waals surface area contributed by atoms with Crippen molar-refractivity contribution in [3.05, 3.63) is 81.5 Å². The Morgan fingerprint density at radius 3 is 2.20 bits per heavy atom. The number of rotatable bonds is 4. The van der Waals surface area contributed by atoms with Crippen molar-refractivity contribution < 1.29 is 19.5 Å². The van der Waals surface area contributed by atoms with E-state index >= 15 is 0 Å². The minimum atomic E-state index is -0.741. The molecule has 2 amide bonds. The van der Waals surface area contributed by atoms with Crippen LogP contribution in [0.3, 0.4) is 0 Å². The van der Waals surface area contributed by atoms with Crippen LogP contribution in [0.4, 0.5) is 4.79 Å². The quantitative estimate of drug-likeness (QED) is 0.335. The van der Waals surface area contributed by atoms with E-state index in [1.807, 2.05) is 36.4 Å². The molecule has 0 unspecified atom stereocenters. The molecule has 0 saturated carbocycles. The molecule has 0 spiro atoms. The number of carbonyl (C=O) groups is 2. The molecule has 1 aromatic heterocycles. The van der Waals surface area contributed by atoms with Gasteiger partial charge >= 0.3 is 6.09 Å². The predicted octanol–water partition coefficient (Wildman–Crippen LogP) is 4.13. The molecule has 0 saturated heterocycles. The summed E-state index contributed by atoms with van der Waals surface area (Å²) in [7, 11) is 0. The predicted molar refractivity (Wildman–Crippen MR) is 114 cm³/mol. The summed E-state index contributed by atoms with van der Waals surface area (Å²) >= 11 is 1.15. The zero-order valence-electron chi connectivity index (χ0n) is 16.1. The maximum absolute atomic E-state index is 12.2. The van der Waals surface area contributed by atoms with Crippen LogP contribution in [0.25, 0.3) is 11.1 Å². The van der Waals surface area contributed by atoms with Gasteiger partial charge in [-0.05, 0) is 41.3 Å². The third-order valence-electron chi connectivity index (χ3n) is 4.96. The first-order valence-corrected chi connectivity index (χ1v) is 10.1. The van der Waals surface area contributed by atoms with Crippen LogP contribution in [-0.4, -0.2) is 29.5 Å². The van der Waals surface area contributed by atoms with Crippen LogP contribution in [0, 0.1) is 0 Å². The maximum Gasteiger partial charge on any atom is 0.426 e. The lowest BCUT2D eigenvalue weighted by molar-refractivity contribution is 0.0912. The van der Waals surface area contributed by atoms with Gasteiger partial charge in [0, 0.05) is 5.92 Å². The molecule has 2 aromatic carbocycles. The highest BCUT2D eigenvalue weighted by molar-refractivity contribution is 7.16. The van der Waals surface area contributed by atoms with Gasteiger partial charge in [-0.2, -0.15) is 0 Å². The van der Waals surface area contributed by atoms with Crippen LogP contribution in [0.1, 0.15) is 38.5 Å².